The number of hydrogen-bond donors (Lipinski definition) is 3. The van der Waals surface area contributed by atoms with Gasteiger partial charge in [-0.2, -0.15) is 0 Å². The summed E-state index contributed by atoms with van der Waals surface area (Å²) in [6, 6.07) is 16.8. The van der Waals surface area contributed by atoms with Crippen LogP contribution in [0.5, 0.6) is 0 Å². The highest BCUT2D eigenvalue weighted by Crippen LogP contribution is 2.26. The first-order valence-corrected chi connectivity index (χ1v) is 8.95. The molecule has 3 aromatic rings. The minimum absolute atomic E-state index is 0.0152. The van der Waals surface area contributed by atoms with Crippen LogP contribution in [0.2, 0.25) is 0 Å². The number of nitrogens with zero attached hydrogens (tertiary/aromatic N) is 1. The van der Waals surface area contributed by atoms with Crippen LogP contribution in [0.3, 0.4) is 0 Å². The number of hydrogen-bond acceptors (Lipinski definition) is 5. The van der Waals surface area contributed by atoms with Gasteiger partial charge in [-0.25, -0.2) is 0 Å². The number of nitrogens with one attached hydrogen (secondary N) is 3. The highest BCUT2D eigenvalue weighted by molar-refractivity contribution is 9.10. The van der Waals surface area contributed by atoms with E-state index in [1.165, 1.54) is 24.3 Å². The van der Waals surface area contributed by atoms with E-state index >= 15 is 0 Å². The summed E-state index contributed by atoms with van der Waals surface area (Å²) in [6.07, 6.45) is 0. The third kappa shape index (κ3) is 4.39. The van der Waals surface area contributed by atoms with Gasteiger partial charge in [0.05, 0.1) is 10.6 Å². The number of hydrazine groups is 1. The Balaban J connectivity index is 1.65. The average Bonchev–Trinajstić information content (AvgIpc) is 2.66. The van der Waals surface area contributed by atoms with Crippen LogP contribution in [0.25, 0.3) is 10.8 Å². The van der Waals surface area contributed by atoms with Crippen molar-refractivity contribution in [3.8, 4) is 0 Å². The third-order valence-corrected chi connectivity index (χ3v) is 4.63. The molecule has 0 fully saturated rings. The minimum Gasteiger partial charge on any atom is -0.299 e. The number of rotatable bonds is 4. The summed E-state index contributed by atoms with van der Waals surface area (Å²) < 4.78 is 0.898. The van der Waals surface area contributed by atoms with Gasteiger partial charge in [0, 0.05) is 22.2 Å². The molecule has 0 aliphatic heterocycles. The molecule has 0 heterocycles. The lowest BCUT2D eigenvalue weighted by Crippen LogP contribution is -2.42. The van der Waals surface area contributed by atoms with Crippen LogP contribution < -0.4 is 16.2 Å². The quantitative estimate of drug-likeness (QED) is 0.317. The second kappa shape index (κ2) is 8.11. The van der Waals surface area contributed by atoms with Crippen molar-refractivity contribution in [3.63, 3.8) is 0 Å². The first kappa shape index (κ1) is 18.7. The molecule has 0 saturated carbocycles. The molecule has 0 atom stereocenters. The summed E-state index contributed by atoms with van der Waals surface area (Å²) in [5.41, 5.74) is 6.50. The van der Waals surface area contributed by atoms with Gasteiger partial charge in [0.1, 0.15) is 0 Å². The fraction of sp³-hybridized carbons (Fsp3) is 0. The maximum absolute atomic E-state index is 12.6. The van der Waals surface area contributed by atoms with Crippen molar-refractivity contribution in [2.75, 3.05) is 5.43 Å². The van der Waals surface area contributed by atoms with Crippen molar-refractivity contribution >= 4 is 61.3 Å². The van der Waals surface area contributed by atoms with Gasteiger partial charge in [-0.05, 0) is 47.3 Å². The largest absolute Gasteiger partial charge is 0.299 e. The first-order chi connectivity index (χ1) is 13.0. The van der Waals surface area contributed by atoms with Gasteiger partial charge < -0.3 is 0 Å². The molecular weight excluding hydrogens is 432 g/mol. The molecule has 3 N–H and O–H groups in total. The van der Waals surface area contributed by atoms with Crippen molar-refractivity contribution in [3.05, 3.63) is 80.8 Å². The Bertz CT molecular complexity index is 1040. The Kier molecular flexibility index (Phi) is 5.63. The van der Waals surface area contributed by atoms with Crippen LogP contribution in [-0.2, 0) is 0 Å². The zero-order chi connectivity index (χ0) is 19.4. The van der Waals surface area contributed by atoms with Crippen molar-refractivity contribution in [2.45, 2.75) is 0 Å². The van der Waals surface area contributed by atoms with Crippen LogP contribution in [0.15, 0.2) is 65.1 Å². The molecular formula is C18H13BrN4O3S. The molecule has 136 valence electrons. The summed E-state index contributed by atoms with van der Waals surface area (Å²) in [5, 5.41) is 15.0. The molecule has 0 radical (unpaired) electrons. The molecule has 0 saturated heterocycles. The van der Waals surface area contributed by atoms with Crippen LogP contribution >= 0.6 is 28.1 Å². The zero-order valence-electron chi connectivity index (χ0n) is 13.7. The lowest BCUT2D eigenvalue weighted by molar-refractivity contribution is -0.384. The number of benzene rings is 3. The van der Waals surface area contributed by atoms with E-state index in [0.717, 1.165) is 15.2 Å². The molecule has 0 aliphatic carbocycles. The number of carbonyl (C=O) groups is 1. The standard InChI is InChI=1S/C18H13BrN4O3S/c19-16-6-2-3-13-14(16)4-1-5-15(13)17(24)20-18(27)22-21-11-7-9-12(10-8-11)23(25)26/h1-10,21H,(H2,20,22,24,27). The fourth-order valence-corrected chi connectivity index (χ4v) is 3.11. The lowest BCUT2D eigenvalue weighted by atomic mass is 10.0. The van der Waals surface area contributed by atoms with E-state index < -0.39 is 4.92 Å². The number of non-ortho nitro benzene ring substituents is 1. The molecule has 3 rings (SSSR count). The molecule has 9 heteroatoms. The number of nitro benzene ring substituents is 1. The van der Waals surface area contributed by atoms with Gasteiger partial charge in [0.2, 0.25) is 0 Å². The molecule has 0 bridgehead atoms. The maximum atomic E-state index is 12.6. The molecule has 27 heavy (non-hydrogen) atoms. The second-order valence-corrected chi connectivity index (χ2v) is 6.74. The number of nitro groups is 1. The second-order valence-electron chi connectivity index (χ2n) is 5.48. The number of carbonyl (C=O) groups excluding carboxylic acids is 1. The molecule has 1 amide bonds. The van der Waals surface area contributed by atoms with E-state index in [1.54, 1.807) is 12.1 Å². The maximum Gasteiger partial charge on any atom is 0.269 e. The predicted molar refractivity (Wildman–Crippen MR) is 112 cm³/mol. The fourth-order valence-electron chi connectivity index (χ4n) is 2.47. The molecule has 7 nitrogen and oxygen atoms in total. The summed E-state index contributed by atoms with van der Waals surface area (Å²) in [5.74, 6) is -0.346. The van der Waals surface area contributed by atoms with Crippen LogP contribution in [0, 0.1) is 10.1 Å². The predicted octanol–water partition coefficient (Wildman–Crippen LogP) is 4.14. The van der Waals surface area contributed by atoms with E-state index in [2.05, 4.69) is 32.1 Å². The Morgan fingerprint density at radius 3 is 2.37 bits per heavy atom. The summed E-state index contributed by atoms with van der Waals surface area (Å²) in [6.45, 7) is 0. The van der Waals surface area contributed by atoms with Crippen molar-refractivity contribution < 1.29 is 9.72 Å². The van der Waals surface area contributed by atoms with E-state index in [1.807, 2.05) is 24.3 Å². The van der Waals surface area contributed by atoms with Gasteiger partial charge in [0.15, 0.2) is 5.11 Å². The number of amides is 1. The van der Waals surface area contributed by atoms with Gasteiger partial charge in [-0.1, -0.05) is 40.2 Å². The highest BCUT2D eigenvalue weighted by Gasteiger charge is 2.12. The van der Waals surface area contributed by atoms with Crippen LogP contribution in [0.4, 0.5) is 11.4 Å². The molecule has 0 aromatic heterocycles. The van der Waals surface area contributed by atoms with Gasteiger partial charge in [-0.15, -0.1) is 0 Å². The van der Waals surface area contributed by atoms with Crippen LogP contribution in [0.1, 0.15) is 10.4 Å². The number of halogens is 1. The SMILES string of the molecule is O=C(NC(=S)NNc1ccc([N+](=O)[O-])cc1)c1cccc2c(Br)cccc12. The average molecular weight is 445 g/mol. The Morgan fingerprint density at radius 1 is 1.00 bits per heavy atom. The van der Waals surface area contributed by atoms with Crippen molar-refractivity contribution in [2.24, 2.45) is 0 Å². The molecule has 0 unspecified atom stereocenters. The summed E-state index contributed by atoms with van der Waals surface area (Å²) >= 11 is 8.60. The van der Waals surface area contributed by atoms with E-state index in [-0.39, 0.29) is 16.7 Å². The molecule has 0 aliphatic rings. The van der Waals surface area contributed by atoms with Crippen molar-refractivity contribution in [1.82, 2.24) is 10.7 Å². The minimum atomic E-state index is -0.482. The van der Waals surface area contributed by atoms with E-state index in [9.17, 15) is 14.9 Å². The molecule has 3 aromatic carbocycles. The van der Waals surface area contributed by atoms with E-state index in [4.69, 9.17) is 12.2 Å². The number of anilines is 1. The van der Waals surface area contributed by atoms with Gasteiger partial charge in [0.25, 0.3) is 11.6 Å². The van der Waals surface area contributed by atoms with Gasteiger partial charge in [-0.3, -0.25) is 31.1 Å². The Hall–Kier alpha value is -3.04. The highest BCUT2D eigenvalue weighted by atomic mass is 79.9. The zero-order valence-corrected chi connectivity index (χ0v) is 16.1. The first-order valence-electron chi connectivity index (χ1n) is 7.75. The topological polar surface area (TPSA) is 96.3 Å². The van der Waals surface area contributed by atoms with Crippen molar-refractivity contribution in [1.29, 1.82) is 0 Å². The van der Waals surface area contributed by atoms with Crippen LogP contribution in [-0.4, -0.2) is 15.9 Å². The third-order valence-electron chi connectivity index (χ3n) is 3.74. The number of thiocarbonyl (C=S) groups is 1. The normalized spacial score (nSPS) is 10.3. The summed E-state index contributed by atoms with van der Waals surface area (Å²) in [7, 11) is 0. The monoisotopic (exact) mass is 444 g/mol. The summed E-state index contributed by atoms with van der Waals surface area (Å²) in [4.78, 5) is 22.7. The smallest absolute Gasteiger partial charge is 0.269 e. The van der Waals surface area contributed by atoms with Gasteiger partial charge >= 0.3 is 0 Å². The van der Waals surface area contributed by atoms with E-state index in [0.29, 0.717) is 11.3 Å². The Morgan fingerprint density at radius 2 is 1.67 bits per heavy atom. The lowest BCUT2D eigenvalue weighted by Gasteiger charge is -2.13. The Labute approximate surface area is 168 Å². The number of fused-ring (bicyclic) bond motifs is 1. The molecule has 0 spiro atoms.